The number of hydrogen-bond acceptors (Lipinski definition) is 3. The monoisotopic (exact) mass is 285 g/mol. The van der Waals surface area contributed by atoms with Crippen molar-refractivity contribution < 1.29 is 13.9 Å². The molecule has 4 heteroatoms. The second-order valence-corrected chi connectivity index (χ2v) is 5.15. The van der Waals surface area contributed by atoms with Crippen molar-refractivity contribution in [2.75, 3.05) is 25.1 Å². The number of fused-ring (bicyclic) bond motifs is 1. The first kappa shape index (κ1) is 13.6. The zero-order chi connectivity index (χ0) is 14.8. The molecule has 2 aromatic rings. The van der Waals surface area contributed by atoms with Gasteiger partial charge < -0.3 is 9.64 Å². The summed E-state index contributed by atoms with van der Waals surface area (Å²) in [5.41, 5.74) is 2.13. The second-order valence-electron chi connectivity index (χ2n) is 5.15. The molecule has 1 heterocycles. The Kier molecular flexibility index (Phi) is 3.60. The number of halogens is 1. The van der Waals surface area contributed by atoms with Crippen molar-refractivity contribution in [1.82, 2.24) is 0 Å². The number of ether oxygens (including phenoxy) is 1. The highest BCUT2D eigenvalue weighted by Gasteiger charge is 2.17. The lowest BCUT2D eigenvalue weighted by atomic mass is 10.1. The fourth-order valence-electron chi connectivity index (χ4n) is 2.51. The van der Waals surface area contributed by atoms with E-state index in [0.717, 1.165) is 17.7 Å². The van der Waals surface area contributed by atoms with Gasteiger partial charge >= 0.3 is 0 Å². The second kappa shape index (κ2) is 5.56. The van der Waals surface area contributed by atoms with Crippen molar-refractivity contribution in [2.45, 2.75) is 6.42 Å². The van der Waals surface area contributed by atoms with E-state index in [2.05, 4.69) is 0 Å². The topological polar surface area (TPSA) is 29.5 Å². The van der Waals surface area contributed by atoms with Gasteiger partial charge in [-0.3, -0.25) is 4.79 Å². The number of para-hydroxylation sites is 1. The minimum atomic E-state index is -0.324. The van der Waals surface area contributed by atoms with Gasteiger partial charge in [0.15, 0.2) is 5.78 Å². The summed E-state index contributed by atoms with van der Waals surface area (Å²) in [6.45, 7) is 0.808. The molecule has 3 rings (SSSR count). The van der Waals surface area contributed by atoms with Gasteiger partial charge in [0, 0.05) is 19.0 Å². The molecule has 0 saturated carbocycles. The first-order valence-electron chi connectivity index (χ1n) is 6.90. The lowest BCUT2D eigenvalue weighted by molar-refractivity contribution is 0.1000. The van der Waals surface area contributed by atoms with Crippen LogP contribution < -0.4 is 9.64 Å². The third-order valence-electron chi connectivity index (χ3n) is 3.66. The van der Waals surface area contributed by atoms with E-state index < -0.39 is 0 Å². The number of anilines is 1. The average molecular weight is 285 g/mol. The Morgan fingerprint density at radius 2 is 2.10 bits per heavy atom. The third kappa shape index (κ3) is 2.75. The predicted molar refractivity (Wildman–Crippen MR) is 79.6 cm³/mol. The summed E-state index contributed by atoms with van der Waals surface area (Å²) in [4.78, 5) is 14.0. The molecule has 108 valence electrons. The number of carbonyl (C=O) groups is 1. The molecule has 0 aromatic heterocycles. The summed E-state index contributed by atoms with van der Waals surface area (Å²) in [5, 5.41) is 0. The summed E-state index contributed by atoms with van der Waals surface area (Å²) in [6.07, 6.45) is 0.833. The zero-order valence-electron chi connectivity index (χ0n) is 11.8. The van der Waals surface area contributed by atoms with Gasteiger partial charge in [-0.05, 0) is 35.9 Å². The lowest BCUT2D eigenvalue weighted by Gasteiger charge is -2.19. The van der Waals surface area contributed by atoms with Gasteiger partial charge in [-0.25, -0.2) is 4.39 Å². The molecule has 2 aromatic carbocycles. The number of hydrogen-bond donors (Lipinski definition) is 0. The molecule has 0 atom stereocenters. The maximum atomic E-state index is 13.7. The molecule has 1 aliphatic heterocycles. The average Bonchev–Trinajstić information content (AvgIpc) is 2.94. The fraction of sp³-hybridized carbons (Fsp3) is 0.235. The van der Waals surface area contributed by atoms with Crippen molar-refractivity contribution in [2.24, 2.45) is 0 Å². The molecule has 0 radical (unpaired) electrons. The van der Waals surface area contributed by atoms with E-state index in [9.17, 15) is 9.18 Å². The molecule has 0 unspecified atom stereocenters. The van der Waals surface area contributed by atoms with Gasteiger partial charge in [-0.2, -0.15) is 0 Å². The third-order valence-corrected chi connectivity index (χ3v) is 3.66. The largest absolute Gasteiger partial charge is 0.493 e. The van der Waals surface area contributed by atoms with E-state index in [1.54, 1.807) is 36.2 Å². The van der Waals surface area contributed by atoms with Crippen LogP contribution in [0.4, 0.5) is 10.1 Å². The maximum absolute atomic E-state index is 13.7. The fourth-order valence-corrected chi connectivity index (χ4v) is 2.51. The number of carbonyl (C=O) groups excluding carboxylic acids is 1. The number of Topliss-reactive ketones (excluding diaryl/α,β-unsaturated/α-hetero) is 1. The first-order chi connectivity index (χ1) is 10.1. The highest BCUT2D eigenvalue weighted by molar-refractivity contribution is 5.99. The molecule has 0 N–H and O–H groups in total. The Hall–Kier alpha value is -2.36. The van der Waals surface area contributed by atoms with Crippen LogP contribution in [0.25, 0.3) is 0 Å². The van der Waals surface area contributed by atoms with Crippen LogP contribution in [0.2, 0.25) is 0 Å². The molecular weight excluding hydrogens is 269 g/mol. The van der Waals surface area contributed by atoms with Crippen LogP contribution in [0.15, 0.2) is 42.5 Å². The summed E-state index contributed by atoms with van der Waals surface area (Å²) in [5.74, 6) is 0.500. The van der Waals surface area contributed by atoms with E-state index in [0.29, 0.717) is 17.9 Å². The number of rotatable bonds is 4. The Morgan fingerprint density at radius 1 is 1.29 bits per heavy atom. The summed E-state index contributed by atoms with van der Waals surface area (Å²) in [7, 11) is 1.72. The molecular formula is C17H16FNO2. The van der Waals surface area contributed by atoms with Crippen LogP contribution in [0.3, 0.4) is 0 Å². The van der Waals surface area contributed by atoms with Crippen molar-refractivity contribution in [3.05, 3.63) is 59.4 Å². The van der Waals surface area contributed by atoms with Crippen molar-refractivity contribution in [1.29, 1.82) is 0 Å². The standard InChI is InChI=1S/C17H16FNO2/c1-19(15-5-3-2-4-14(15)18)11-16(20)12-6-7-17-13(10-12)8-9-21-17/h2-7,10H,8-9,11H2,1H3. The van der Waals surface area contributed by atoms with Gasteiger partial charge in [-0.15, -0.1) is 0 Å². The van der Waals surface area contributed by atoms with E-state index in [-0.39, 0.29) is 18.1 Å². The van der Waals surface area contributed by atoms with Crippen LogP contribution in [-0.2, 0) is 6.42 Å². The number of ketones is 1. The highest BCUT2D eigenvalue weighted by Crippen LogP contribution is 2.26. The Labute approximate surface area is 123 Å². The molecule has 0 amide bonds. The molecule has 0 saturated heterocycles. The summed E-state index contributed by atoms with van der Waals surface area (Å²) >= 11 is 0. The molecule has 0 bridgehead atoms. The van der Waals surface area contributed by atoms with Crippen molar-refractivity contribution in [3.63, 3.8) is 0 Å². The molecule has 3 nitrogen and oxygen atoms in total. The molecule has 0 aliphatic carbocycles. The minimum Gasteiger partial charge on any atom is -0.493 e. The highest BCUT2D eigenvalue weighted by atomic mass is 19.1. The van der Waals surface area contributed by atoms with Gasteiger partial charge in [-0.1, -0.05) is 12.1 Å². The quantitative estimate of drug-likeness (QED) is 0.809. The summed E-state index contributed by atoms with van der Waals surface area (Å²) in [6, 6.07) is 11.9. The zero-order valence-corrected chi connectivity index (χ0v) is 11.8. The van der Waals surface area contributed by atoms with Gasteiger partial charge in [0.2, 0.25) is 0 Å². The first-order valence-corrected chi connectivity index (χ1v) is 6.90. The number of likely N-dealkylation sites (N-methyl/N-ethyl adjacent to an activating group) is 1. The van der Waals surface area contributed by atoms with Crippen LogP contribution in [0.1, 0.15) is 15.9 Å². The van der Waals surface area contributed by atoms with Gasteiger partial charge in [0.1, 0.15) is 11.6 Å². The molecule has 0 fully saturated rings. The van der Waals surface area contributed by atoms with Gasteiger partial charge in [0.25, 0.3) is 0 Å². The smallest absolute Gasteiger partial charge is 0.182 e. The minimum absolute atomic E-state index is 0.0320. The van der Waals surface area contributed by atoms with Crippen LogP contribution in [0, 0.1) is 5.82 Å². The van der Waals surface area contributed by atoms with Gasteiger partial charge in [0.05, 0.1) is 18.8 Å². The lowest BCUT2D eigenvalue weighted by Crippen LogP contribution is -2.26. The molecule has 21 heavy (non-hydrogen) atoms. The number of benzene rings is 2. The van der Waals surface area contributed by atoms with Crippen LogP contribution in [0.5, 0.6) is 5.75 Å². The van der Waals surface area contributed by atoms with E-state index in [4.69, 9.17) is 4.74 Å². The molecule has 1 aliphatic rings. The van der Waals surface area contributed by atoms with E-state index in [1.807, 2.05) is 12.1 Å². The maximum Gasteiger partial charge on any atom is 0.182 e. The van der Waals surface area contributed by atoms with E-state index >= 15 is 0 Å². The van der Waals surface area contributed by atoms with Crippen molar-refractivity contribution >= 4 is 11.5 Å². The Bertz CT molecular complexity index is 684. The predicted octanol–water partition coefficient (Wildman–Crippen LogP) is 3.08. The Morgan fingerprint density at radius 3 is 2.90 bits per heavy atom. The van der Waals surface area contributed by atoms with Crippen molar-refractivity contribution in [3.8, 4) is 5.75 Å². The Balaban J connectivity index is 1.76. The normalized spacial score (nSPS) is 12.7. The number of nitrogens with zero attached hydrogens (tertiary/aromatic N) is 1. The van der Waals surface area contributed by atoms with E-state index in [1.165, 1.54) is 6.07 Å². The SMILES string of the molecule is CN(CC(=O)c1ccc2c(c1)CCO2)c1ccccc1F. The van der Waals surface area contributed by atoms with Crippen LogP contribution >= 0.6 is 0 Å². The molecule has 0 spiro atoms. The van der Waals surface area contributed by atoms with Crippen LogP contribution in [-0.4, -0.2) is 26.0 Å². The summed E-state index contributed by atoms with van der Waals surface area (Å²) < 4.78 is 19.1.